The van der Waals surface area contributed by atoms with Gasteiger partial charge in [-0.15, -0.1) is 0 Å². The van der Waals surface area contributed by atoms with E-state index in [2.05, 4.69) is 9.97 Å². The normalized spacial score (nSPS) is 11.8. The molecule has 2 N–H and O–H groups in total. The first-order valence-electron chi connectivity index (χ1n) is 5.50. The Bertz CT molecular complexity index is 730. The molecule has 0 amide bonds. The molecule has 0 aromatic carbocycles. The highest BCUT2D eigenvalue weighted by atomic mass is 32.2. The fourth-order valence-corrected chi connectivity index (χ4v) is 2.15. The van der Waals surface area contributed by atoms with Crippen molar-refractivity contribution < 1.29 is 14.3 Å². The van der Waals surface area contributed by atoms with Crippen LogP contribution in [0.1, 0.15) is 12.5 Å². The van der Waals surface area contributed by atoms with Crippen molar-refractivity contribution in [2.45, 2.75) is 17.3 Å². The van der Waals surface area contributed by atoms with Gasteiger partial charge in [0.2, 0.25) is 0 Å². The van der Waals surface area contributed by atoms with Crippen LogP contribution in [0.25, 0.3) is 11.5 Å². The number of carboxylic acids is 1. The molecule has 20 heavy (non-hydrogen) atoms. The average molecular weight is 291 g/mol. The van der Waals surface area contributed by atoms with Crippen LogP contribution in [-0.2, 0) is 4.79 Å². The van der Waals surface area contributed by atoms with Gasteiger partial charge in [-0.3, -0.25) is 9.59 Å². The minimum Gasteiger partial charge on any atom is -0.480 e. The first-order valence-corrected chi connectivity index (χ1v) is 6.38. The van der Waals surface area contributed by atoms with E-state index in [1.807, 2.05) is 0 Å². The van der Waals surface area contributed by atoms with Crippen LogP contribution < -0.4 is 5.56 Å². The molecule has 2 rings (SSSR count). The third-order valence-electron chi connectivity index (χ3n) is 2.40. The zero-order chi connectivity index (χ0) is 14.7. The summed E-state index contributed by atoms with van der Waals surface area (Å²) in [5.74, 6) is -0.751. The summed E-state index contributed by atoms with van der Waals surface area (Å²) in [6.07, 6.45) is 1.39. The number of furan rings is 1. The van der Waals surface area contributed by atoms with E-state index in [0.29, 0.717) is 0 Å². The van der Waals surface area contributed by atoms with Gasteiger partial charge in [0.25, 0.3) is 5.56 Å². The molecule has 8 heteroatoms. The number of carboxylic acid groups (broad SMARTS) is 1. The molecule has 2 heterocycles. The zero-order valence-electron chi connectivity index (χ0n) is 10.3. The van der Waals surface area contributed by atoms with Crippen molar-refractivity contribution in [3.8, 4) is 17.5 Å². The van der Waals surface area contributed by atoms with Crippen molar-refractivity contribution in [1.82, 2.24) is 9.97 Å². The topological polar surface area (TPSA) is 120 Å². The van der Waals surface area contributed by atoms with Gasteiger partial charge in [0.1, 0.15) is 22.6 Å². The van der Waals surface area contributed by atoms with Crippen molar-refractivity contribution >= 4 is 17.7 Å². The smallest absolute Gasteiger partial charge is 0.316 e. The van der Waals surface area contributed by atoms with Gasteiger partial charge in [-0.2, -0.15) is 5.26 Å². The summed E-state index contributed by atoms with van der Waals surface area (Å²) in [7, 11) is 0. The molecule has 0 aliphatic rings. The number of nitriles is 1. The van der Waals surface area contributed by atoms with Crippen LogP contribution in [0.15, 0.2) is 32.8 Å². The zero-order valence-corrected chi connectivity index (χ0v) is 11.1. The molecular weight excluding hydrogens is 282 g/mol. The van der Waals surface area contributed by atoms with Gasteiger partial charge in [-0.1, -0.05) is 11.8 Å². The SMILES string of the molecule is CC(Sc1nc(-c2ccco2)c(C#N)c(=O)[nH]1)C(=O)O. The summed E-state index contributed by atoms with van der Waals surface area (Å²) < 4.78 is 5.13. The van der Waals surface area contributed by atoms with Crippen molar-refractivity contribution in [3.05, 3.63) is 34.3 Å². The van der Waals surface area contributed by atoms with Crippen LogP contribution in [0.3, 0.4) is 0 Å². The maximum Gasteiger partial charge on any atom is 0.316 e. The van der Waals surface area contributed by atoms with E-state index in [4.69, 9.17) is 14.8 Å². The fraction of sp³-hybridized carbons (Fsp3) is 0.167. The Morgan fingerprint density at radius 3 is 2.95 bits per heavy atom. The number of carbonyl (C=O) groups is 1. The van der Waals surface area contributed by atoms with Gasteiger partial charge in [-0.25, -0.2) is 4.98 Å². The van der Waals surface area contributed by atoms with Crippen molar-refractivity contribution in [2.75, 3.05) is 0 Å². The molecule has 7 nitrogen and oxygen atoms in total. The van der Waals surface area contributed by atoms with E-state index in [9.17, 15) is 9.59 Å². The fourth-order valence-electron chi connectivity index (χ4n) is 1.42. The number of hydrogen-bond acceptors (Lipinski definition) is 6. The largest absolute Gasteiger partial charge is 0.480 e. The summed E-state index contributed by atoms with van der Waals surface area (Å²) in [5.41, 5.74) is -0.706. The van der Waals surface area contributed by atoms with E-state index in [0.717, 1.165) is 11.8 Å². The molecule has 0 saturated heterocycles. The molecule has 2 aromatic rings. The van der Waals surface area contributed by atoms with Gasteiger partial charge in [0, 0.05) is 0 Å². The Hall–Kier alpha value is -2.53. The van der Waals surface area contributed by atoms with E-state index in [-0.39, 0.29) is 22.2 Å². The Balaban J connectivity index is 2.51. The van der Waals surface area contributed by atoms with Crippen LogP contribution >= 0.6 is 11.8 Å². The number of aromatic amines is 1. The van der Waals surface area contributed by atoms with Crippen LogP contribution in [0, 0.1) is 11.3 Å². The summed E-state index contributed by atoms with van der Waals surface area (Å²) in [6, 6.07) is 4.93. The standard InChI is InChI=1S/C12H9N3O4S/c1-6(11(17)18)20-12-14-9(8-3-2-4-19-8)7(5-13)10(16)15-12/h2-4,6H,1H3,(H,17,18)(H,14,15,16). The molecule has 102 valence electrons. The van der Waals surface area contributed by atoms with E-state index in [1.165, 1.54) is 13.2 Å². The molecule has 0 fully saturated rings. The van der Waals surface area contributed by atoms with Gasteiger partial charge in [-0.05, 0) is 19.1 Å². The number of hydrogen-bond donors (Lipinski definition) is 2. The second-order valence-corrected chi connectivity index (χ2v) is 5.11. The van der Waals surface area contributed by atoms with E-state index >= 15 is 0 Å². The number of aromatic nitrogens is 2. The molecule has 0 bridgehead atoms. The quantitative estimate of drug-likeness (QED) is 0.646. The molecule has 0 spiro atoms. The first-order chi connectivity index (χ1) is 9.52. The number of thioether (sulfide) groups is 1. The van der Waals surface area contributed by atoms with Crippen LogP contribution in [0.4, 0.5) is 0 Å². The van der Waals surface area contributed by atoms with Crippen LogP contribution in [0.5, 0.6) is 0 Å². The van der Waals surface area contributed by atoms with Crippen molar-refractivity contribution in [2.24, 2.45) is 0 Å². The van der Waals surface area contributed by atoms with Gasteiger partial charge in [0.05, 0.1) is 6.26 Å². The highest BCUT2D eigenvalue weighted by molar-refractivity contribution is 8.00. The molecular formula is C12H9N3O4S. The van der Waals surface area contributed by atoms with Crippen molar-refractivity contribution in [1.29, 1.82) is 5.26 Å². The van der Waals surface area contributed by atoms with Gasteiger partial charge in [0.15, 0.2) is 10.9 Å². The number of nitrogens with zero attached hydrogens (tertiary/aromatic N) is 2. The maximum atomic E-state index is 11.8. The Morgan fingerprint density at radius 1 is 1.65 bits per heavy atom. The molecule has 0 aliphatic carbocycles. The number of nitrogens with one attached hydrogen (secondary N) is 1. The monoisotopic (exact) mass is 291 g/mol. The second-order valence-electron chi connectivity index (χ2n) is 3.78. The third-order valence-corrected chi connectivity index (χ3v) is 3.37. The van der Waals surface area contributed by atoms with Gasteiger partial charge < -0.3 is 14.5 Å². The summed E-state index contributed by atoms with van der Waals surface area (Å²) in [5, 5.41) is 17.2. The van der Waals surface area contributed by atoms with Crippen molar-refractivity contribution in [3.63, 3.8) is 0 Å². The number of rotatable bonds is 4. The Kier molecular flexibility index (Phi) is 3.91. The van der Waals surface area contributed by atoms with Gasteiger partial charge >= 0.3 is 5.97 Å². The Labute approximate surface area is 117 Å². The predicted octanol–water partition coefficient (Wildman–Crippen LogP) is 1.47. The third kappa shape index (κ3) is 2.73. The summed E-state index contributed by atoms with van der Waals surface area (Å²) in [6.45, 7) is 1.47. The van der Waals surface area contributed by atoms with E-state index < -0.39 is 16.8 Å². The molecule has 2 aromatic heterocycles. The highest BCUT2D eigenvalue weighted by Crippen LogP contribution is 2.24. The molecule has 0 radical (unpaired) electrons. The molecule has 1 unspecified atom stereocenters. The average Bonchev–Trinajstić information content (AvgIpc) is 2.91. The second kappa shape index (κ2) is 5.63. The minimum absolute atomic E-state index is 0.0985. The van der Waals surface area contributed by atoms with Crippen LogP contribution in [0.2, 0.25) is 0 Å². The summed E-state index contributed by atoms with van der Waals surface area (Å²) in [4.78, 5) is 29.1. The lowest BCUT2D eigenvalue weighted by atomic mass is 10.2. The first kappa shape index (κ1) is 13.9. The van der Waals surface area contributed by atoms with E-state index in [1.54, 1.807) is 18.2 Å². The lowest BCUT2D eigenvalue weighted by molar-refractivity contribution is -0.136. The Morgan fingerprint density at radius 2 is 2.40 bits per heavy atom. The molecule has 0 aliphatic heterocycles. The minimum atomic E-state index is -1.03. The number of H-pyrrole nitrogens is 1. The summed E-state index contributed by atoms with van der Waals surface area (Å²) >= 11 is 0.879. The maximum absolute atomic E-state index is 11.8. The predicted molar refractivity (Wildman–Crippen MR) is 70.2 cm³/mol. The lowest BCUT2D eigenvalue weighted by Gasteiger charge is -2.06. The molecule has 1 atom stereocenters. The lowest BCUT2D eigenvalue weighted by Crippen LogP contribution is -2.17. The van der Waals surface area contributed by atoms with Crippen LogP contribution in [-0.4, -0.2) is 26.3 Å². The molecule has 0 saturated carbocycles. The highest BCUT2D eigenvalue weighted by Gasteiger charge is 2.19. The number of aliphatic carboxylic acids is 1.